The quantitative estimate of drug-likeness (QED) is 0.643. The molecule has 3 aromatic rings. The summed E-state index contributed by atoms with van der Waals surface area (Å²) in [7, 11) is -3.19. The highest BCUT2D eigenvalue weighted by Crippen LogP contribution is 2.26. The molecule has 0 radical (unpaired) electrons. The van der Waals surface area contributed by atoms with Crippen molar-refractivity contribution >= 4 is 20.9 Å². The molecule has 1 aliphatic heterocycles. The van der Waals surface area contributed by atoms with Crippen molar-refractivity contribution in [2.45, 2.75) is 32.2 Å². The number of nitrogens with one attached hydrogen (secondary N) is 1. The molecule has 0 saturated carbocycles. The number of hydrogen-bond donors (Lipinski definition) is 1. The second-order valence-corrected chi connectivity index (χ2v) is 9.33. The summed E-state index contributed by atoms with van der Waals surface area (Å²) in [6.45, 7) is 2.73. The minimum atomic E-state index is -3.19. The SMILES string of the molecule is CS(=O)(=O)N[C@H]1CCCN(Cn2ncc3c(OCc4ccccc4)cccc32)C1. The van der Waals surface area contributed by atoms with E-state index in [0.717, 1.165) is 41.6 Å². The normalized spacial score (nSPS) is 18.2. The van der Waals surface area contributed by atoms with Gasteiger partial charge >= 0.3 is 0 Å². The topological polar surface area (TPSA) is 76.5 Å². The maximum Gasteiger partial charge on any atom is 0.208 e. The molecule has 7 nitrogen and oxygen atoms in total. The Morgan fingerprint density at radius 1 is 1.17 bits per heavy atom. The molecular formula is C21H26N4O3S. The molecule has 154 valence electrons. The lowest BCUT2D eigenvalue weighted by Gasteiger charge is -2.32. The maximum absolute atomic E-state index is 11.5. The molecule has 1 fully saturated rings. The third-order valence-corrected chi connectivity index (χ3v) is 5.87. The molecule has 29 heavy (non-hydrogen) atoms. The fourth-order valence-corrected chi connectivity index (χ4v) is 4.62. The number of hydrogen-bond acceptors (Lipinski definition) is 5. The van der Waals surface area contributed by atoms with Gasteiger partial charge in [0.25, 0.3) is 0 Å². The summed E-state index contributed by atoms with van der Waals surface area (Å²) in [6.07, 6.45) is 4.87. The van der Waals surface area contributed by atoms with Gasteiger partial charge < -0.3 is 4.74 Å². The number of fused-ring (bicyclic) bond motifs is 1. The molecule has 0 aliphatic carbocycles. The first-order chi connectivity index (χ1) is 14.0. The number of likely N-dealkylation sites (tertiary alicyclic amines) is 1. The van der Waals surface area contributed by atoms with Crippen LogP contribution in [0, 0.1) is 0 Å². The smallest absolute Gasteiger partial charge is 0.208 e. The van der Waals surface area contributed by atoms with Crippen molar-refractivity contribution in [3.05, 3.63) is 60.3 Å². The Labute approximate surface area is 171 Å². The Hall–Kier alpha value is -2.42. The van der Waals surface area contributed by atoms with Crippen LogP contribution in [0.2, 0.25) is 0 Å². The van der Waals surface area contributed by atoms with Gasteiger partial charge in [0.15, 0.2) is 0 Å². The molecule has 1 N–H and O–H groups in total. The van der Waals surface area contributed by atoms with E-state index in [0.29, 0.717) is 19.8 Å². The Balaban J connectivity index is 1.46. The van der Waals surface area contributed by atoms with Crippen LogP contribution in [0.1, 0.15) is 18.4 Å². The van der Waals surface area contributed by atoms with Gasteiger partial charge in [-0.1, -0.05) is 36.4 Å². The molecule has 2 aromatic carbocycles. The zero-order chi connectivity index (χ0) is 20.3. The van der Waals surface area contributed by atoms with E-state index < -0.39 is 10.0 Å². The minimum Gasteiger partial charge on any atom is -0.488 e. The Kier molecular flexibility index (Phi) is 5.84. The van der Waals surface area contributed by atoms with Crippen LogP contribution < -0.4 is 9.46 Å². The number of rotatable bonds is 7. The first kappa shape index (κ1) is 19.9. The summed E-state index contributed by atoms with van der Waals surface area (Å²) < 4.78 is 33.8. The van der Waals surface area contributed by atoms with Crippen LogP contribution in [-0.2, 0) is 23.3 Å². The average Bonchev–Trinajstić information content (AvgIpc) is 3.10. The van der Waals surface area contributed by atoms with E-state index in [2.05, 4.69) is 14.7 Å². The number of nitrogens with zero attached hydrogens (tertiary/aromatic N) is 3. The van der Waals surface area contributed by atoms with Gasteiger partial charge in [-0.05, 0) is 30.5 Å². The summed E-state index contributed by atoms with van der Waals surface area (Å²) >= 11 is 0. The second kappa shape index (κ2) is 8.52. The van der Waals surface area contributed by atoms with E-state index in [1.54, 1.807) is 0 Å². The van der Waals surface area contributed by atoms with Gasteiger partial charge in [0, 0.05) is 19.1 Å². The molecule has 8 heteroatoms. The van der Waals surface area contributed by atoms with E-state index in [1.165, 1.54) is 6.26 Å². The van der Waals surface area contributed by atoms with Crippen LogP contribution in [0.15, 0.2) is 54.7 Å². The lowest BCUT2D eigenvalue weighted by Crippen LogP contribution is -2.47. The number of sulfonamides is 1. The van der Waals surface area contributed by atoms with E-state index in [4.69, 9.17) is 4.74 Å². The van der Waals surface area contributed by atoms with E-state index >= 15 is 0 Å². The predicted molar refractivity (Wildman–Crippen MR) is 113 cm³/mol. The number of benzene rings is 2. The second-order valence-electron chi connectivity index (χ2n) is 7.55. The first-order valence-electron chi connectivity index (χ1n) is 9.79. The third kappa shape index (κ3) is 5.14. The van der Waals surface area contributed by atoms with Crippen molar-refractivity contribution in [1.29, 1.82) is 0 Å². The lowest BCUT2D eigenvalue weighted by atomic mass is 10.1. The number of ether oxygens (including phenoxy) is 1. The molecule has 4 rings (SSSR count). The molecule has 1 aliphatic rings. The fourth-order valence-electron chi connectivity index (χ4n) is 3.82. The zero-order valence-electron chi connectivity index (χ0n) is 16.5. The Morgan fingerprint density at radius 2 is 2.00 bits per heavy atom. The Morgan fingerprint density at radius 3 is 2.79 bits per heavy atom. The van der Waals surface area contributed by atoms with Gasteiger partial charge in [-0.25, -0.2) is 13.1 Å². The van der Waals surface area contributed by atoms with Crippen molar-refractivity contribution in [3.63, 3.8) is 0 Å². The molecule has 0 spiro atoms. The molecule has 0 bridgehead atoms. The largest absolute Gasteiger partial charge is 0.488 e. The first-order valence-corrected chi connectivity index (χ1v) is 11.7. The summed E-state index contributed by atoms with van der Waals surface area (Å²) in [6, 6.07) is 16.0. The fraction of sp³-hybridized carbons (Fsp3) is 0.381. The van der Waals surface area contributed by atoms with E-state index in [-0.39, 0.29) is 6.04 Å². The standard InChI is InChI=1S/C21H26N4O3S/c1-29(26,27)23-18-9-6-12-24(14-18)16-25-20-10-5-11-21(19(20)13-22-25)28-15-17-7-3-2-4-8-17/h2-5,7-8,10-11,13,18,23H,6,9,12,14-16H2,1H3/t18-/m0/s1. The van der Waals surface area contributed by atoms with Gasteiger partial charge in [0.1, 0.15) is 12.4 Å². The van der Waals surface area contributed by atoms with Crippen LogP contribution >= 0.6 is 0 Å². The van der Waals surface area contributed by atoms with Gasteiger partial charge in [0.2, 0.25) is 10.0 Å². The van der Waals surface area contributed by atoms with Crippen molar-refractivity contribution in [2.24, 2.45) is 0 Å². The lowest BCUT2D eigenvalue weighted by molar-refractivity contribution is 0.156. The molecule has 1 atom stereocenters. The summed E-state index contributed by atoms with van der Waals surface area (Å²) in [5.74, 6) is 0.813. The molecule has 1 aromatic heterocycles. The van der Waals surface area contributed by atoms with Gasteiger partial charge in [-0.2, -0.15) is 5.10 Å². The zero-order valence-corrected chi connectivity index (χ0v) is 17.3. The van der Waals surface area contributed by atoms with E-state index in [1.807, 2.05) is 59.4 Å². The minimum absolute atomic E-state index is 0.0506. The highest BCUT2D eigenvalue weighted by atomic mass is 32.2. The predicted octanol–water partition coefficient (Wildman–Crippen LogP) is 2.59. The average molecular weight is 415 g/mol. The van der Waals surface area contributed by atoms with Crippen molar-refractivity contribution in [1.82, 2.24) is 19.4 Å². The summed E-state index contributed by atoms with van der Waals surface area (Å²) in [5.41, 5.74) is 2.13. The summed E-state index contributed by atoms with van der Waals surface area (Å²) in [5, 5.41) is 5.54. The highest BCUT2D eigenvalue weighted by Gasteiger charge is 2.23. The molecule has 2 heterocycles. The van der Waals surface area contributed by atoms with Gasteiger partial charge in [-0.15, -0.1) is 0 Å². The van der Waals surface area contributed by atoms with Crippen molar-refractivity contribution in [2.75, 3.05) is 19.3 Å². The van der Waals surface area contributed by atoms with Crippen molar-refractivity contribution < 1.29 is 13.2 Å². The monoisotopic (exact) mass is 414 g/mol. The van der Waals surface area contributed by atoms with Crippen LogP contribution in [-0.4, -0.2) is 48.5 Å². The molecule has 0 unspecified atom stereocenters. The third-order valence-electron chi connectivity index (χ3n) is 5.10. The van der Waals surface area contributed by atoms with Gasteiger partial charge in [-0.3, -0.25) is 9.58 Å². The molecular weight excluding hydrogens is 388 g/mol. The van der Waals surface area contributed by atoms with Crippen molar-refractivity contribution in [3.8, 4) is 5.75 Å². The van der Waals surface area contributed by atoms with Crippen LogP contribution in [0.4, 0.5) is 0 Å². The molecule has 1 saturated heterocycles. The number of piperidine rings is 1. The highest BCUT2D eigenvalue weighted by molar-refractivity contribution is 7.88. The summed E-state index contributed by atoms with van der Waals surface area (Å²) in [4.78, 5) is 2.23. The Bertz CT molecular complexity index is 1070. The maximum atomic E-state index is 11.5. The van der Waals surface area contributed by atoms with Crippen LogP contribution in [0.3, 0.4) is 0 Å². The molecule has 0 amide bonds. The number of aromatic nitrogens is 2. The van der Waals surface area contributed by atoms with Crippen LogP contribution in [0.25, 0.3) is 10.9 Å². The van der Waals surface area contributed by atoms with Gasteiger partial charge in [0.05, 0.1) is 30.0 Å². The van der Waals surface area contributed by atoms with Crippen LogP contribution in [0.5, 0.6) is 5.75 Å². The van der Waals surface area contributed by atoms with E-state index in [9.17, 15) is 8.42 Å².